The summed E-state index contributed by atoms with van der Waals surface area (Å²) in [5, 5.41) is 0. The largest absolute Gasteiger partial charge is 0.389 e. The highest BCUT2D eigenvalue weighted by Crippen LogP contribution is 2.34. The van der Waals surface area contributed by atoms with E-state index in [0.717, 1.165) is 56.0 Å². The molecule has 6 heteroatoms. The predicted octanol–water partition coefficient (Wildman–Crippen LogP) is 4.21. The lowest BCUT2D eigenvalue weighted by Crippen LogP contribution is -2.55. The van der Waals surface area contributed by atoms with E-state index in [9.17, 15) is 13.2 Å². The number of anilines is 1. The van der Waals surface area contributed by atoms with Crippen molar-refractivity contribution >= 4 is 5.82 Å². The first-order valence-electron chi connectivity index (χ1n) is 9.56. The number of alkyl halides is 3. The van der Waals surface area contributed by atoms with Gasteiger partial charge in [0.15, 0.2) is 0 Å². The minimum Gasteiger partial charge on any atom is -0.351 e. The number of rotatable bonds is 4. The Kier molecular flexibility index (Phi) is 5.08. The molecule has 1 aromatic carbocycles. The number of hydrogen-bond donors (Lipinski definition) is 0. The standard InChI is InChI=1S/C21H24F3N3/c22-21(23,24)10-8-17-9-11-25-20-19(17)7-6-18-15-26(12-13-27(18)20)14-16-4-2-1-3-5-16/h1-5,9,11,18H,6-8,10,12-15H2/t18-/m1/s1. The molecule has 1 aromatic heterocycles. The number of aryl methyl sites for hydroxylation is 1. The van der Waals surface area contributed by atoms with Gasteiger partial charge in [-0.05, 0) is 42.0 Å². The average Bonchev–Trinajstić information content (AvgIpc) is 2.66. The smallest absolute Gasteiger partial charge is 0.351 e. The highest BCUT2D eigenvalue weighted by Gasteiger charge is 2.34. The molecule has 0 N–H and O–H groups in total. The van der Waals surface area contributed by atoms with Gasteiger partial charge in [-0.25, -0.2) is 4.98 Å². The van der Waals surface area contributed by atoms with Gasteiger partial charge in [-0.1, -0.05) is 30.3 Å². The Balaban J connectivity index is 1.46. The molecule has 0 saturated carbocycles. The Morgan fingerprint density at radius 2 is 1.89 bits per heavy atom. The molecule has 0 spiro atoms. The van der Waals surface area contributed by atoms with E-state index in [-0.39, 0.29) is 6.42 Å². The highest BCUT2D eigenvalue weighted by molar-refractivity contribution is 5.54. The molecule has 0 amide bonds. The normalized spacial score (nSPS) is 20.3. The van der Waals surface area contributed by atoms with Gasteiger partial charge in [-0.2, -0.15) is 13.2 Å². The van der Waals surface area contributed by atoms with Gasteiger partial charge in [-0.3, -0.25) is 4.90 Å². The molecule has 0 bridgehead atoms. The van der Waals surface area contributed by atoms with Crippen LogP contribution in [-0.2, 0) is 19.4 Å². The molecule has 2 aliphatic heterocycles. The number of hydrogen-bond acceptors (Lipinski definition) is 3. The molecule has 2 aliphatic rings. The maximum absolute atomic E-state index is 12.6. The Morgan fingerprint density at radius 3 is 2.67 bits per heavy atom. The number of fused-ring (bicyclic) bond motifs is 3. The molecule has 1 saturated heterocycles. The Labute approximate surface area is 157 Å². The molecule has 3 nitrogen and oxygen atoms in total. The van der Waals surface area contributed by atoms with Crippen molar-refractivity contribution in [3.63, 3.8) is 0 Å². The van der Waals surface area contributed by atoms with Crippen LogP contribution in [-0.4, -0.2) is 41.7 Å². The summed E-state index contributed by atoms with van der Waals surface area (Å²) in [4.78, 5) is 9.33. The molecular weight excluding hydrogens is 351 g/mol. The van der Waals surface area contributed by atoms with Crippen molar-refractivity contribution in [3.05, 3.63) is 59.3 Å². The van der Waals surface area contributed by atoms with Crippen LogP contribution in [0.25, 0.3) is 0 Å². The Hall–Kier alpha value is -2.08. The van der Waals surface area contributed by atoms with Crippen molar-refractivity contribution in [3.8, 4) is 0 Å². The minimum atomic E-state index is -4.11. The summed E-state index contributed by atoms with van der Waals surface area (Å²) < 4.78 is 37.9. The van der Waals surface area contributed by atoms with Crippen LogP contribution in [0.4, 0.5) is 19.0 Å². The fraction of sp³-hybridized carbons (Fsp3) is 0.476. The van der Waals surface area contributed by atoms with Gasteiger partial charge in [0, 0.05) is 44.8 Å². The maximum atomic E-state index is 12.6. The third-order valence-electron chi connectivity index (χ3n) is 5.62. The number of aromatic nitrogens is 1. The quantitative estimate of drug-likeness (QED) is 0.798. The van der Waals surface area contributed by atoms with E-state index >= 15 is 0 Å². The lowest BCUT2D eigenvalue weighted by Gasteiger charge is -2.45. The van der Waals surface area contributed by atoms with E-state index in [2.05, 4.69) is 39.0 Å². The zero-order valence-corrected chi connectivity index (χ0v) is 15.3. The van der Waals surface area contributed by atoms with Crippen LogP contribution in [0.2, 0.25) is 0 Å². The first-order chi connectivity index (χ1) is 13.0. The summed E-state index contributed by atoms with van der Waals surface area (Å²) in [6.07, 6.45) is -1.37. The third-order valence-corrected chi connectivity index (χ3v) is 5.62. The van der Waals surface area contributed by atoms with Crippen LogP contribution in [0.15, 0.2) is 42.6 Å². The van der Waals surface area contributed by atoms with Crippen molar-refractivity contribution < 1.29 is 13.2 Å². The fourth-order valence-electron chi connectivity index (χ4n) is 4.29. The van der Waals surface area contributed by atoms with Gasteiger partial charge in [0.25, 0.3) is 0 Å². The second-order valence-corrected chi connectivity index (χ2v) is 7.49. The molecular formula is C21H24F3N3. The summed E-state index contributed by atoms with van der Waals surface area (Å²) in [5.41, 5.74) is 3.15. The minimum absolute atomic E-state index is 0.0486. The van der Waals surface area contributed by atoms with Crippen LogP contribution in [0.5, 0.6) is 0 Å². The molecule has 144 valence electrons. The highest BCUT2D eigenvalue weighted by atomic mass is 19.4. The third kappa shape index (κ3) is 4.26. The number of benzene rings is 1. The van der Waals surface area contributed by atoms with Crippen LogP contribution >= 0.6 is 0 Å². The zero-order valence-electron chi connectivity index (χ0n) is 15.3. The van der Waals surface area contributed by atoms with Crippen LogP contribution in [0.3, 0.4) is 0 Å². The van der Waals surface area contributed by atoms with Crippen molar-refractivity contribution in [2.75, 3.05) is 24.5 Å². The summed E-state index contributed by atoms with van der Waals surface area (Å²) in [7, 11) is 0. The molecule has 1 atom stereocenters. The van der Waals surface area contributed by atoms with Gasteiger partial charge in [0.05, 0.1) is 0 Å². The number of nitrogens with zero attached hydrogens (tertiary/aromatic N) is 3. The molecule has 0 unspecified atom stereocenters. The van der Waals surface area contributed by atoms with Crippen molar-refractivity contribution in [1.29, 1.82) is 0 Å². The molecule has 3 heterocycles. The monoisotopic (exact) mass is 375 g/mol. The molecule has 1 fully saturated rings. The first kappa shape index (κ1) is 18.3. The number of pyridine rings is 1. The molecule has 0 radical (unpaired) electrons. The molecule has 2 aromatic rings. The van der Waals surface area contributed by atoms with Gasteiger partial charge in [-0.15, -0.1) is 0 Å². The van der Waals surface area contributed by atoms with E-state index < -0.39 is 12.6 Å². The van der Waals surface area contributed by atoms with E-state index in [1.165, 1.54) is 5.56 Å². The summed E-state index contributed by atoms with van der Waals surface area (Å²) in [5.74, 6) is 0.908. The topological polar surface area (TPSA) is 19.4 Å². The second kappa shape index (κ2) is 7.50. The summed E-state index contributed by atoms with van der Waals surface area (Å²) in [6.45, 7) is 3.74. The van der Waals surface area contributed by atoms with Crippen LogP contribution in [0, 0.1) is 0 Å². The van der Waals surface area contributed by atoms with Crippen molar-refractivity contribution in [2.24, 2.45) is 0 Å². The SMILES string of the molecule is FC(F)(F)CCc1ccnc2c1CC[C@@H]1CN(Cc3ccccc3)CCN21. The van der Waals surface area contributed by atoms with Crippen molar-refractivity contribution in [1.82, 2.24) is 9.88 Å². The maximum Gasteiger partial charge on any atom is 0.389 e. The van der Waals surface area contributed by atoms with Gasteiger partial charge in [0.2, 0.25) is 0 Å². The average molecular weight is 375 g/mol. The summed E-state index contributed by atoms with van der Waals surface area (Å²) in [6, 6.07) is 12.6. The molecule has 0 aliphatic carbocycles. The van der Waals surface area contributed by atoms with E-state index in [1.807, 2.05) is 6.07 Å². The van der Waals surface area contributed by atoms with E-state index in [4.69, 9.17) is 0 Å². The van der Waals surface area contributed by atoms with Gasteiger partial charge >= 0.3 is 6.18 Å². The van der Waals surface area contributed by atoms with Crippen LogP contribution in [0.1, 0.15) is 29.5 Å². The zero-order chi connectivity index (χ0) is 18.9. The van der Waals surface area contributed by atoms with Gasteiger partial charge < -0.3 is 4.90 Å². The fourth-order valence-corrected chi connectivity index (χ4v) is 4.29. The van der Waals surface area contributed by atoms with E-state index in [1.54, 1.807) is 12.3 Å². The van der Waals surface area contributed by atoms with Crippen LogP contribution < -0.4 is 4.90 Å². The van der Waals surface area contributed by atoms with Crippen molar-refractivity contribution in [2.45, 2.75) is 44.4 Å². The Bertz CT molecular complexity index is 776. The number of piperazine rings is 1. The number of halogens is 3. The molecule has 27 heavy (non-hydrogen) atoms. The summed E-state index contributed by atoms with van der Waals surface area (Å²) >= 11 is 0. The molecule has 4 rings (SSSR count). The lowest BCUT2D eigenvalue weighted by atomic mass is 9.91. The first-order valence-corrected chi connectivity index (χ1v) is 9.56. The predicted molar refractivity (Wildman–Crippen MR) is 99.8 cm³/mol. The Morgan fingerprint density at radius 1 is 1.07 bits per heavy atom. The van der Waals surface area contributed by atoms with E-state index in [0.29, 0.717) is 6.04 Å². The lowest BCUT2D eigenvalue weighted by molar-refractivity contribution is -0.134. The second-order valence-electron chi connectivity index (χ2n) is 7.49. The van der Waals surface area contributed by atoms with Gasteiger partial charge in [0.1, 0.15) is 5.82 Å².